The fourth-order valence-corrected chi connectivity index (χ4v) is 2.87. The van der Waals surface area contributed by atoms with Crippen LogP contribution in [0.15, 0.2) is 24.4 Å². The van der Waals surface area contributed by atoms with E-state index in [9.17, 15) is 0 Å². The molecule has 0 aromatic carbocycles. The highest BCUT2D eigenvalue weighted by atomic mass is 15.4. The Morgan fingerprint density at radius 3 is 2.90 bits per heavy atom. The van der Waals surface area contributed by atoms with E-state index in [0.29, 0.717) is 6.04 Å². The summed E-state index contributed by atoms with van der Waals surface area (Å²) in [5.41, 5.74) is 0. The molecule has 1 aliphatic heterocycles. The van der Waals surface area contributed by atoms with Crippen molar-refractivity contribution in [1.82, 2.24) is 24.6 Å². The van der Waals surface area contributed by atoms with Gasteiger partial charge in [-0.05, 0) is 45.5 Å². The Bertz CT molecular complexity index is 563. The Labute approximate surface area is 119 Å². The zero-order valence-electron chi connectivity index (χ0n) is 12.2. The number of pyridine rings is 1. The van der Waals surface area contributed by atoms with E-state index >= 15 is 0 Å². The van der Waals surface area contributed by atoms with E-state index in [0.717, 1.165) is 30.4 Å². The van der Waals surface area contributed by atoms with Crippen molar-refractivity contribution in [3.8, 4) is 5.82 Å². The number of rotatable bonds is 2. The van der Waals surface area contributed by atoms with E-state index in [1.54, 1.807) is 6.20 Å². The number of aryl methyl sites for hydroxylation is 1. The number of hydrogen-bond acceptors (Lipinski definition) is 4. The molecule has 0 radical (unpaired) electrons. The molecule has 0 spiro atoms. The molecule has 0 bridgehead atoms. The fourth-order valence-electron chi connectivity index (χ4n) is 2.87. The first kappa shape index (κ1) is 13.2. The van der Waals surface area contributed by atoms with Crippen LogP contribution >= 0.6 is 0 Å². The second-order valence-electron chi connectivity index (χ2n) is 5.46. The molecule has 106 valence electrons. The van der Waals surface area contributed by atoms with Crippen LogP contribution < -0.4 is 0 Å². The zero-order chi connectivity index (χ0) is 13.9. The molecule has 20 heavy (non-hydrogen) atoms. The van der Waals surface area contributed by atoms with E-state index in [1.807, 2.05) is 29.8 Å². The van der Waals surface area contributed by atoms with Gasteiger partial charge in [-0.3, -0.25) is 4.90 Å². The topological polar surface area (TPSA) is 46.8 Å². The number of nitrogens with zero attached hydrogens (tertiary/aromatic N) is 5. The van der Waals surface area contributed by atoms with E-state index in [-0.39, 0.29) is 0 Å². The summed E-state index contributed by atoms with van der Waals surface area (Å²) in [5, 5.41) is 4.54. The van der Waals surface area contributed by atoms with Crippen molar-refractivity contribution >= 4 is 0 Å². The highest BCUT2D eigenvalue weighted by Crippen LogP contribution is 2.28. The quantitative estimate of drug-likeness (QED) is 0.842. The van der Waals surface area contributed by atoms with E-state index in [4.69, 9.17) is 0 Å². The van der Waals surface area contributed by atoms with Crippen LogP contribution in [0, 0.1) is 6.92 Å². The maximum Gasteiger partial charge on any atom is 0.155 e. The summed E-state index contributed by atoms with van der Waals surface area (Å²) in [6.07, 6.45) is 6.76. The van der Waals surface area contributed by atoms with Gasteiger partial charge in [-0.1, -0.05) is 18.9 Å². The Kier molecular flexibility index (Phi) is 3.78. The summed E-state index contributed by atoms with van der Waals surface area (Å²) in [6.45, 7) is 3.07. The van der Waals surface area contributed by atoms with Crippen molar-refractivity contribution in [2.75, 3.05) is 13.6 Å². The molecule has 5 heteroatoms. The molecule has 0 aliphatic carbocycles. The van der Waals surface area contributed by atoms with Crippen molar-refractivity contribution < 1.29 is 0 Å². The average molecular weight is 271 g/mol. The van der Waals surface area contributed by atoms with Gasteiger partial charge in [-0.25, -0.2) is 9.97 Å². The molecule has 1 fully saturated rings. The van der Waals surface area contributed by atoms with Crippen LogP contribution in [0.25, 0.3) is 5.82 Å². The van der Waals surface area contributed by atoms with Gasteiger partial charge >= 0.3 is 0 Å². The second kappa shape index (κ2) is 5.71. The highest BCUT2D eigenvalue weighted by molar-refractivity contribution is 5.23. The molecule has 0 amide bonds. The zero-order valence-corrected chi connectivity index (χ0v) is 12.2. The first-order valence-corrected chi connectivity index (χ1v) is 7.31. The molecule has 5 nitrogen and oxygen atoms in total. The summed E-state index contributed by atoms with van der Waals surface area (Å²) in [4.78, 5) is 11.5. The summed E-state index contributed by atoms with van der Waals surface area (Å²) in [7, 11) is 2.18. The van der Waals surface area contributed by atoms with Crippen molar-refractivity contribution in [2.45, 2.75) is 38.6 Å². The van der Waals surface area contributed by atoms with Crippen LogP contribution in [0.2, 0.25) is 0 Å². The highest BCUT2D eigenvalue weighted by Gasteiger charge is 2.25. The molecular formula is C15H21N5. The van der Waals surface area contributed by atoms with Crippen LogP contribution in [0.5, 0.6) is 0 Å². The summed E-state index contributed by atoms with van der Waals surface area (Å²) >= 11 is 0. The van der Waals surface area contributed by atoms with Crippen molar-refractivity contribution in [1.29, 1.82) is 0 Å². The third kappa shape index (κ3) is 2.58. The minimum absolute atomic E-state index is 0.334. The predicted molar refractivity (Wildman–Crippen MR) is 77.7 cm³/mol. The minimum Gasteiger partial charge on any atom is -0.296 e. The smallest absolute Gasteiger partial charge is 0.155 e. The lowest BCUT2D eigenvalue weighted by molar-refractivity contribution is 0.237. The Morgan fingerprint density at radius 1 is 1.20 bits per heavy atom. The molecule has 0 N–H and O–H groups in total. The Morgan fingerprint density at radius 2 is 2.10 bits per heavy atom. The van der Waals surface area contributed by atoms with Gasteiger partial charge in [-0.15, -0.1) is 5.10 Å². The number of aromatic nitrogens is 4. The molecule has 2 aromatic rings. The largest absolute Gasteiger partial charge is 0.296 e. The normalized spacial score (nSPS) is 20.8. The lowest BCUT2D eigenvalue weighted by atomic mass is 10.1. The summed E-state index contributed by atoms with van der Waals surface area (Å²) in [5.74, 6) is 2.68. The average Bonchev–Trinajstić information content (AvgIpc) is 2.72. The van der Waals surface area contributed by atoms with Gasteiger partial charge < -0.3 is 0 Å². The SMILES string of the molecule is Cc1nc([C@@H]2CCCCCN2C)n(-c2ccccn2)n1. The molecule has 0 saturated carbocycles. The van der Waals surface area contributed by atoms with Crippen LogP contribution in [-0.2, 0) is 0 Å². The number of likely N-dealkylation sites (tertiary alicyclic amines) is 1. The first-order chi connectivity index (χ1) is 9.75. The molecule has 1 aliphatic rings. The summed E-state index contributed by atoms with van der Waals surface area (Å²) in [6, 6.07) is 6.22. The second-order valence-corrected chi connectivity index (χ2v) is 5.46. The third-order valence-corrected chi connectivity index (χ3v) is 3.92. The maximum absolute atomic E-state index is 4.67. The molecule has 3 rings (SSSR count). The third-order valence-electron chi connectivity index (χ3n) is 3.92. The van der Waals surface area contributed by atoms with Crippen molar-refractivity contribution in [3.05, 3.63) is 36.0 Å². The molecule has 1 saturated heterocycles. The minimum atomic E-state index is 0.334. The van der Waals surface area contributed by atoms with Crippen molar-refractivity contribution in [3.63, 3.8) is 0 Å². The fraction of sp³-hybridized carbons (Fsp3) is 0.533. The van der Waals surface area contributed by atoms with E-state index in [2.05, 4.69) is 27.0 Å². The standard InChI is InChI=1S/C15H21N5/c1-12-17-15(13-8-4-3-7-11-19(13)2)20(18-12)14-9-5-6-10-16-14/h5-6,9-10,13H,3-4,7-8,11H2,1-2H3/t13-/m0/s1. The maximum atomic E-state index is 4.67. The van der Waals surface area contributed by atoms with E-state index < -0.39 is 0 Å². The van der Waals surface area contributed by atoms with Crippen LogP contribution in [0.1, 0.15) is 43.4 Å². The lowest BCUT2D eigenvalue weighted by Gasteiger charge is -2.24. The van der Waals surface area contributed by atoms with Crippen LogP contribution in [0.4, 0.5) is 0 Å². The molecule has 2 aromatic heterocycles. The predicted octanol–water partition coefficient (Wildman–Crippen LogP) is 2.52. The van der Waals surface area contributed by atoms with Gasteiger partial charge in [-0.2, -0.15) is 4.68 Å². The molecule has 1 atom stereocenters. The van der Waals surface area contributed by atoms with Gasteiger partial charge in [0, 0.05) is 6.20 Å². The molecular weight excluding hydrogens is 250 g/mol. The van der Waals surface area contributed by atoms with E-state index in [1.165, 1.54) is 19.3 Å². The molecule has 3 heterocycles. The summed E-state index contributed by atoms with van der Waals surface area (Å²) < 4.78 is 1.90. The number of hydrogen-bond donors (Lipinski definition) is 0. The van der Waals surface area contributed by atoms with Gasteiger partial charge in [0.2, 0.25) is 0 Å². The van der Waals surface area contributed by atoms with Gasteiger partial charge in [0.05, 0.1) is 6.04 Å². The van der Waals surface area contributed by atoms with Gasteiger partial charge in [0.15, 0.2) is 11.6 Å². The van der Waals surface area contributed by atoms with Gasteiger partial charge in [0.1, 0.15) is 5.82 Å². The molecule has 0 unspecified atom stereocenters. The van der Waals surface area contributed by atoms with Crippen LogP contribution in [-0.4, -0.2) is 38.2 Å². The van der Waals surface area contributed by atoms with Gasteiger partial charge in [0.25, 0.3) is 0 Å². The monoisotopic (exact) mass is 271 g/mol. The van der Waals surface area contributed by atoms with Crippen molar-refractivity contribution in [2.24, 2.45) is 0 Å². The Balaban J connectivity index is 2.01. The Hall–Kier alpha value is -1.75. The van der Waals surface area contributed by atoms with Crippen LogP contribution in [0.3, 0.4) is 0 Å². The first-order valence-electron chi connectivity index (χ1n) is 7.31. The lowest BCUT2D eigenvalue weighted by Crippen LogP contribution is -2.26.